The van der Waals surface area contributed by atoms with Crippen molar-refractivity contribution in [1.29, 1.82) is 0 Å². The number of hydrogen-bond acceptors (Lipinski definition) is 5. The van der Waals surface area contributed by atoms with E-state index in [9.17, 15) is 24.3 Å². The van der Waals surface area contributed by atoms with E-state index in [1.165, 1.54) is 0 Å². The number of hydrogen-bond donors (Lipinski definition) is 5. The summed E-state index contributed by atoms with van der Waals surface area (Å²) in [7, 11) is 0. The van der Waals surface area contributed by atoms with Gasteiger partial charge in [0, 0.05) is 0 Å². The normalized spacial score (nSPS) is 14.3. The van der Waals surface area contributed by atoms with E-state index in [0.717, 1.165) is 0 Å². The zero-order valence-corrected chi connectivity index (χ0v) is 15.3. The minimum absolute atomic E-state index is 0.0875. The molecule has 0 radical (unpaired) electrons. The van der Waals surface area contributed by atoms with Crippen LogP contribution in [-0.4, -0.2) is 54.0 Å². The van der Waals surface area contributed by atoms with Gasteiger partial charge < -0.3 is 26.8 Å². The topological polar surface area (TPSA) is 151 Å². The Morgan fingerprint density at radius 1 is 1.04 bits per heavy atom. The van der Waals surface area contributed by atoms with Crippen LogP contribution in [0, 0.1) is 11.8 Å². The molecule has 0 bridgehead atoms. The number of aliphatic carboxylic acids is 1. The lowest BCUT2D eigenvalue weighted by Crippen LogP contribution is -2.55. The maximum atomic E-state index is 12.5. The molecule has 9 nitrogen and oxygen atoms in total. The highest BCUT2D eigenvalue weighted by Crippen LogP contribution is 2.10. The van der Waals surface area contributed by atoms with Crippen molar-refractivity contribution in [2.45, 2.75) is 52.6 Å². The largest absolute Gasteiger partial charge is 0.480 e. The van der Waals surface area contributed by atoms with Crippen molar-refractivity contribution >= 4 is 23.7 Å². The van der Waals surface area contributed by atoms with E-state index in [1.807, 2.05) is 20.8 Å². The second-order valence-electron chi connectivity index (χ2n) is 6.44. The average molecular weight is 358 g/mol. The first kappa shape index (κ1) is 22.8. The van der Waals surface area contributed by atoms with Gasteiger partial charge in [0.25, 0.3) is 0 Å². The molecule has 3 unspecified atom stereocenters. The van der Waals surface area contributed by atoms with E-state index < -0.39 is 35.8 Å². The Kier molecular flexibility index (Phi) is 10.4. The molecule has 0 rings (SSSR count). The van der Waals surface area contributed by atoms with Crippen LogP contribution in [0.2, 0.25) is 0 Å². The Morgan fingerprint density at radius 3 is 2.08 bits per heavy atom. The van der Waals surface area contributed by atoms with Gasteiger partial charge in [0.2, 0.25) is 17.7 Å². The zero-order valence-electron chi connectivity index (χ0n) is 15.3. The van der Waals surface area contributed by atoms with Gasteiger partial charge in [-0.1, -0.05) is 34.1 Å². The molecule has 0 spiro atoms. The number of carbonyl (C=O) groups is 4. The Hall–Kier alpha value is -2.16. The third kappa shape index (κ3) is 9.04. The van der Waals surface area contributed by atoms with Gasteiger partial charge in [-0.2, -0.15) is 0 Å². The number of amides is 3. The van der Waals surface area contributed by atoms with Crippen LogP contribution in [0.1, 0.15) is 40.5 Å². The summed E-state index contributed by atoms with van der Waals surface area (Å²) in [4.78, 5) is 46.8. The molecule has 6 N–H and O–H groups in total. The van der Waals surface area contributed by atoms with Gasteiger partial charge >= 0.3 is 5.97 Å². The van der Waals surface area contributed by atoms with Crippen LogP contribution in [-0.2, 0) is 19.2 Å². The summed E-state index contributed by atoms with van der Waals surface area (Å²) in [6, 6.07) is -1.91. The molecule has 3 atom stereocenters. The smallest absolute Gasteiger partial charge is 0.326 e. The van der Waals surface area contributed by atoms with E-state index in [1.54, 1.807) is 6.92 Å². The zero-order chi connectivity index (χ0) is 19.6. The van der Waals surface area contributed by atoms with E-state index in [-0.39, 0.29) is 31.3 Å². The summed E-state index contributed by atoms with van der Waals surface area (Å²) in [5, 5.41) is 16.6. The Morgan fingerprint density at radius 2 is 1.64 bits per heavy atom. The fourth-order valence-corrected chi connectivity index (χ4v) is 2.13. The highest BCUT2D eigenvalue weighted by Gasteiger charge is 2.30. The number of carbonyl (C=O) groups excluding carboxylic acids is 3. The Labute approximate surface area is 148 Å². The minimum Gasteiger partial charge on any atom is -0.480 e. The second-order valence-corrected chi connectivity index (χ2v) is 6.44. The Balaban J connectivity index is 4.94. The van der Waals surface area contributed by atoms with Gasteiger partial charge in [-0.25, -0.2) is 4.79 Å². The number of nitrogens with two attached hydrogens (primary N) is 1. The predicted octanol–water partition coefficient (Wildman–Crippen LogP) is -0.792. The van der Waals surface area contributed by atoms with E-state index in [0.29, 0.717) is 6.42 Å². The van der Waals surface area contributed by atoms with Crippen LogP contribution in [0.5, 0.6) is 0 Å². The average Bonchev–Trinajstić information content (AvgIpc) is 2.55. The molecule has 0 aromatic heterocycles. The molecule has 0 aromatic carbocycles. The molecule has 0 aliphatic carbocycles. The molecule has 0 aliphatic heterocycles. The van der Waals surface area contributed by atoms with Crippen LogP contribution in [0.3, 0.4) is 0 Å². The van der Waals surface area contributed by atoms with E-state index >= 15 is 0 Å². The first-order chi connectivity index (χ1) is 11.6. The number of carboxylic acids is 1. The van der Waals surface area contributed by atoms with Gasteiger partial charge in [0.1, 0.15) is 12.1 Å². The molecule has 0 saturated carbocycles. The summed E-state index contributed by atoms with van der Waals surface area (Å²) in [5.74, 6) is -2.82. The van der Waals surface area contributed by atoms with Gasteiger partial charge in [0.05, 0.1) is 13.1 Å². The summed E-state index contributed by atoms with van der Waals surface area (Å²) >= 11 is 0. The van der Waals surface area contributed by atoms with Crippen molar-refractivity contribution in [2.75, 3.05) is 13.1 Å². The number of rotatable bonds is 11. The molecule has 0 heterocycles. The molecule has 0 aromatic rings. The van der Waals surface area contributed by atoms with Crippen LogP contribution < -0.4 is 21.7 Å². The molecule has 144 valence electrons. The van der Waals surface area contributed by atoms with Crippen molar-refractivity contribution in [3.05, 3.63) is 0 Å². The maximum Gasteiger partial charge on any atom is 0.326 e. The third-order valence-corrected chi connectivity index (χ3v) is 3.77. The van der Waals surface area contributed by atoms with Crippen molar-refractivity contribution < 1.29 is 24.3 Å². The molecular formula is C16H30N4O5. The second kappa shape index (κ2) is 11.4. The van der Waals surface area contributed by atoms with E-state index in [2.05, 4.69) is 16.0 Å². The molecule has 25 heavy (non-hydrogen) atoms. The molecule has 0 saturated heterocycles. The fraction of sp³-hybridized carbons (Fsp3) is 0.750. The lowest BCUT2D eigenvalue weighted by Gasteiger charge is -2.26. The van der Waals surface area contributed by atoms with Crippen molar-refractivity contribution in [2.24, 2.45) is 17.6 Å². The van der Waals surface area contributed by atoms with Gasteiger partial charge in [-0.3, -0.25) is 14.4 Å². The monoisotopic (exact) mass is 358 g/mol. The van der Waals surface area contributed by atoms with Gasteiger partial charge in [0.15, 0.2) is 0 Å². The van der Waals surface area contributed by atoms with Crippen LogP contribution >= 0.6 is 0 Å². The number of carboxylic acid groups (broad SMARTS) is 1. The quantitative estimate of drug-likeness (QED) is 0.326. The van der Waals surface area contributed by atoms with E-state index in [4.69, 9.17) is 5.73 Å². The highest BCUT2D eigenvalue weighted by atomic mass is 16.4. The molecule has 3 amide bonds. The first-order valence-electron chi connectivity index (χ1n) is 8.41. The fourth-order valence-electron chi connectivity index (χ4n) is 2.13. The standard InChI is InChI=1S/C16H30N4O5/c1-5-10(4)14(20-13(22)8-18-12(21)7-17)15(23)19-11(16(24)25)6-9(2)3/h9-11,14H,5-8,17H2,1-4H3,(H,18,21)(H,19,23)(H,20,22)(H,24,25). The summed E-state index contributed by atoms with van der Waals surface area (Å²) in [6.45, 7) is 6.81. The summed E-state index contributed by atoms with van der Waals surface area (Å²) in [5.41, 5.74) is 5.14. The maximum absolute atomic E-state index is 12.5. The molecular weight excluding hydrogens is 328 g/mol. The minimum atomic E-state index is -1.12. The van der Waals surface area contributed by atoms with Crippen molar-refractivity contribution in [3.63, 3.8) is 0 Å². The summed E-state index contributed by atoms with van der Waals surface area (Å²) < 4.78 is 0. The molecule has 0 fully saturated rings. The van der Waals surface area contributed by atoms with Crippen LogP contribution in [0.15, 0.2) is 0 Å². The summed E-state index contributed by atoms with van der Waals surface area (Å²) in [6.07, 6.45) is 0.893. The molecule has 9 heteroatoms. The number of nitrogens with one attached hydrogen (secondary N) is 3. The molecule has 0 aliphatic rings. The highest BCUT2D eigenvalue weighted by molar-refractivity contribution is 5.92. The van der Waals surface area contributed by atoms with Crippen LogP contribution in [0.25, 0.3) is 0 Å². The van der Waals surface area contributed by atoms with Gasteiger partial charge in [-0.15, -0.1) is 0 Å². The lowest BCUT2D eigenvalue weighted by molar-refractivity contribution is -0.143. The third-order valence-electron chi connectivity index (χ3n) is 3.77. The Bertz CT molecular complexity index is 481. The SMILES string of the molecule is CCC(C)C(NC(=O)CNC(=O)CN)C(=O)NC(CC(C)C)C(=O)O. The first-order valence-corrected chi connectivity index (χ1v) is 8.41. The van der Waals surface area contributed by atoms with Crippen molar-refractivity contribution in [3.8, 4) is 0 Å². The predicted molar refractivity (Wildman–Crippen MR) is 92.5 cm³/mol. The van der Waals surface area contributed by atoms with Crippen LogP contribution in [0.4, 0.5) is 0 Å². The lowest BCUT2D eigenvalue weighted by atomic mass is 9.97. The van der Waals surface area contributed by atoms with Crippen molar-refractivity contribution in [1.82, 2.24) is 16.0 Å². The van der Waals surface area contributed by atoms with Gasteiger partial charge in [-0.05, 0) is 18.3 Å².